The van der Waals surface area contributed by atoms with Gasteiger partial charge in [-0.15, -0.1) is 0 Å². The van der Waals surface area contributed by atoms with Gasteiger partial charge in [-0.2, -0.15) is 0 Å². The molecule has 0 spiro atoms. The highest BCUT2D eigenvalue weighted by atomic mass is 32.2. The first kappa shape index (κ1) is 15.3. The lowest BCUT2D eigenvalue weighted by molar-refractivity contribution is 0.586. The van der Waals surface area contributed by atoms with Gasteiger partial charge < -0.3 is 5.43 Å². The topological polar surface area (TPSA) is 75.4 Å². The second-order valence-corrected chi connectivity index (χ2v) is 6.15. The van der Waals surface area contributed by atoms with Gasteiger partial charge in [0.2, 0.25) is 0 Å². The summed E-state index contributed by atoms with van der Waals surface area (Å²) in [6, 6.07) is 11.7. The normalized spacial score (nSPS) is 11.2. The number of sulfonamides is 1. The Hall–Kier alpha value is -2.12. The lowest BCUT2D eigenvalue weighted by Crippen LogP contribution is -2.31. The molecule has 2 rings (SSSR count). The average molecular weight is 309 g/mol. The van der Waals surface area contributed by atoms with Crippen LogP contribution in [0, 0.1) is 5.82 Å². The van der Waals surface area contributed by atoms with Crippen molar-refractivity contribution < 1.29 is 12.8 Å². The van der Waals surface area contributed by atoms with Crippen molar-refractivity contribution in [1.29, 1.82) is 0 Å². The number of hydrazine groups is 1. The average Bonchev–Trinajstić information content (AvgIpc) is 2.50. The molecule has 0 bridgehead atoms. The van der Waals surface area contributed by atoms with Crippen LogP contribution in [0.4, 0.5) is 15.8 Å². The van der Waals surface area contributed by atoms with Gasteiger partial charge in [0.1, 0.15) is 5.82 Å². The standard InChI is InChI=1S/C14H16FN3O2S/c1-2-18(14-6-4-3-5-13(14)15)21(19,20)12-9-7-11(17-16)8-10-12/h3-10,17H,2,16H2,1H3. The number of nitrogen functional groups attached to an aromatic ring is 1. The van der Waals surface area contributed by atoms with E-state index >= 15 is 0 Å². The molecule has 112 valence electrons. The highest BCUT2D eigenvalue weighted by Crippen LogP contribution is 2.26. The van der Waals surface area contributed by atoms with Crippen molar-refractivity contribution >= 4 is 21.4 Å². The number of hydrogen-bond donors (Lipinski definition) is 2. The van der Waals surface area contributed by atoms with E-state index in [-0.39, 0.29) is 17.1 Å². The van der Waals surface area contributed by atoms with Gasteiger partial charge in [0, 0.05) is 12.2 Å². The maximum atomic E-state index is 13.9. The van der Waals surface area contributed by atoms with Crippen LogP contribution < -0.4 is 15.6 Å². The van der Waals surface area contributed by atoms with Crippen LogP contribution >= 0.6 is 0 Å². The zero-order chi connectivity index (χ0) is 15.5. The van der Waals surface area contributed by atoms with Crippen LogP contribution in [0.2, 0.25) is 0 Å². The minimum absolute atomic E-state index is 0.0287. The molecular formula is C14H16FN3O2S. The summed E-state index contributed by atoms with van der Waals surface area (Å²) in [5.74, 6) is 4.67. The van der Waals surface area contributed by atoms with Gasteiger partial charge in [-0.05, 0) is 43.3 Å². The van der Waals surface area contributed by atoms with Crippen LogP contribution in [0.15, 0.2) is 53.4 Å². The number of para-hydroxylation sites is 1. The zero-order valence-corrected chi connectivity index (χ0v) is 12.3. The number of nitrogens with one attached hydrogen (secondary N) is 1. The largest absolute Gasteiger partial charge is 0.324 e. The first-order chi connectivity index (χ1) is 10.0. The molecule has 0 atom stereocenters. The first-order valence-electron chi connectivity index (χ1n) is 6.34. The Morgan fingerprint density at radius 1 is 1.14 bits per heavy atom. The third-order valence-electron chi connectivity index (χ3n) is 3.02. The van der Waals surface area contributed by atoms with E-state index in [0.717, 1.165) is 4.31 Å². The molecule has 0 heterocycles. The number of halogens is 1. The van der Waals surface area contributed by atoms with E-state index in [0.29, 0.717) is 5.69 Å². The molecular weight excluding hydrogens is 293 g/mol. The van der Waals surface area contributed by atoms with Crippen molar-refractivity contribution in [3.05, 3.63) is 54.3 Å². The van der Waals surface area contributed by atoms with Crippen LogP contribution in [-0.4, -0.2) is 15.0 Å². The predicted molar refractivity (Wildman–Crippen MR) is 80.9 cm³/mol. The molecule has 5 nitrogen and oxygen atoms in total. The molecule has 0 unspecified atom stereocenters. The summed E-state index contributed by atoms with van der Waals surface area (Å²) in [6.45, 7) is 1.78. The van der Waals surface area contributed by atoms with Crippen LogP contribution in [0.5, 0.6) is 0 Å². The second-order valence-electron chi connectivity index (χ2n) is 4.29. The first-order valence-corrected chi connectivity index (χ1v) is 7.78. The maximum Gasteiger partial charge on any atom is 0.264 e. The van der Waals surface area contributed by atoms with Gasteiger partial charge in [-0.25, -0.2) is 12.8 Å². The van der Waals surface area contributed by atoms with E-state index in [1.165, 1.54) is 30.3 Å². The molecule has 0 aliphatic rings. The Kier molecular flexibility index (Phi) is 4.44. The summed E-state index contributed by atoms with van der Waals surface area (Å²) >= 11 is 0. The molecule has 0 aliphatic heterocycles. The molecule has 0 radical (unpaired) electrons. The zero-order valence-electron chi connectivity index (χ0n) is 11.5. The minimum atomic E-state index is -3.83. The van der Waals surface area contributed by atoms with Gasteiger partial charge in [-0.1, -0.05) is 12.1 Å². The number of nitrogens with zero attached hydrogens (tertiary/aromatic N) is 1. The lowest BCUT2D eigenvalue weighted by Gasteiger charge is -2.23. The Morgan fingerprint density at radius 3 is 2.29 bits per heavy atom. The Balaban J connectivity index is 2.47. The van der Waals surface area contributed by atoms with Gasteiger partial charge in [-0.3, -0.25) is 10.1 Å². The second kappa shape index (κ2) is 6.11. The fraction of sp³-hybridized carbons (Fsp3) is 0.143. The molecule has 0 fully saturated rings. The Bertz CT molecular complexity index is 717. The predicted octanol–water partition coefficient (Wildman–Crippen LogP) is 2.33. The van der Waals surface area contributed by atoms with Crippen molar-refractivity contribution in [3.63, 3.8) is 0 Å². The lowest BCUT2D eigenvalue weighted by atomic mass is 10.3. The SMILES string of the molecule is CCN(c1ccccc1F)S(=O)(=O)c1ccc(NN)cc1. The van der Waals surface area contributed by atoms with Gasteiger partial charge in [0.25, 0.3) is 10.0 Å². The third-order valence-corrected chi connectivity index (χ3v) is 4.92. The summed E-state index contributed by atoms with van der Waals surface area (Å²) in [4.78, 5) is 0.0756. The fourth-order valence-corrected chi connectivity index (χ4v) is 3.46. The van der Waals surface area contributed by atoms with Crippen molar-refractivity contribution in [1.82, 2.24) is 0 Å². The van der Waals surface area contributed by atoms with Crippen molar-refractivity contribution in [2.24, 2.45) is 5.84 Å². The highest BCUT2D eigenvalue weighted by molar-refractivity contribution is 7.92. The van der Waals surface area contributed by atoms with Gasteiger partial charge >= 0.3 is 0 Å². The van der Waals surface area contributed by atoms with Crippen molar-refractivity contribution in [3.8, 4) is 0 Å². The van der Waals surface area contributed by atoms with E-state index < -0.39 is 15.8 Å². The number of rotatable bonds is 5. The smallest absolute Gasteiger partial charge is 0.264 e. The van der Waals surface area contributed by atoms with Crippen molar-refractivity contribution in [2.75, 3.05) is 16.3 Å². The van der Waals surface area contributed by atoms with E-state index in [9.17, 15) is 12.8 Å². The number of benzene rings is 2. The van der Waals surface area contributed by atoms with Crippen molar-refractivity contribution in [2.45, 2.75) is 11.8 Å². The molecule has 7 heteroatoms. The van der Waals surface area contributed by atoms with Crippen LogP contribution in [0.1, 0.15) is 6.92 Å². The maximum absolute atomic E-state index is 13.9. The van der Waals surface area contributed by atoms with E-state index in [2.05, 4.69) is 5.43 Å². The summed E-state index contributed by atoms with van der Waals surface area (Å²) in [6.07, 6.45) is 0. The van der Waals surface area contributed by atoms with Crippen LogP contribution in [-0.2, 0) is 10.0 Å². The minimum Gasteiger partial charge on any atom is -0.324 e. The summed E-state index contributed by atoms with van der Waals surface area (Å²) in [7, 11) is -3.83. The van der Waals surface area contributed by atoms with Crippen LogP contribution in [0.3, 0.4) is 0 Å². The molecule has 0 saturated carbocycles. The molecule has 0 amide bonds. The number of hydrogen-bond acceptors (Lipinski definition) is 4. The van der Waals surface area contributed by atoms with E-state index in [1.807, 2.05) is 0 Å². The molecule has 0 saturated heterocycles. The molecule has 2 aromatic rings. The summed E-state index contributed by atoms with van der Waals surface area (Å²) in [5, 5.41) is 0. The quantitative estimate of drug-likeness (QED) is 0.656. The summed E-state index contributed by atoms with van der Waals surface area (Å²) < 4.78 is 40.1. The number of anilines is 2. The monoisotopic (exact) mass is 309 g/mol. The number of nitrogens with two attached hydrogens (primary N) is 1. The molecule has 21 heavy (non-hydrogen) atoms. The van der Waals surface area contributed by atoms with E-state index in [4.69, 9.17) is 5.84 Å². The van der Waals surface area contributed by atoms with Crippen LogP contribution in [0.25, 0.3) is 0 Å². The molecule has 0 aliphatic carbocycles. The Morgan fingerprint density at radius 2 is 1.76 bits per heavy atom. The van der Waals surface area contributed by atoms with Gasteiger partial charge in [0.15, 0.2) is 0 Å². The molecule has 3 N–H and O–H groups in total. The van der Waals surface area contributed by atoms with Gasteiger partial charge in [0.05, 0.1) is 10.6 Å². The Labute approximate surface area is 123 Å². The molecule has 2 aromatic carbocycles. The highest BCUT2D eigenvalue weighted by Gasteiger charge is 2.25. The third kappa shape index (κ3) is 2.98. The van der Waals surface area contributed by atoms with E-state index in [1.54, 1.807) is 25.1 Å². The fourth-order valence-electron chi connectivity index (χ4n) is 1.97. The molecule has 0 aromatic heterocycles. The summed E-state index contributed by atoms with van der Waals surface area (Å²) in [5.41, 5.74) is 3.04.